The summed E-state index contributed by atoms with van der Waals surface area (Å²) in [5, 5.41) is 24.5. The number of unbranched alkanes of at least 4 members (excludes halogenated alkanes) is 1. The van der Waals surface area contributed by atoms with Gasteiger partial charge in [0, 0.05) is 32.6 Å². The van der Waals surface area contributed by atoms with Gasteiger partial charge >= 0.3 is 0 Å². The molecule has 14 heteroatoms. The molecule has 0 radical (unpaired) electrons. The van der Waals surface area contributed by atoms with Crippen LogP contribution in [-0.4, -0.2) is 104 Å². The van der Waals surface area contributed by atoms with Gasteiger partial charge in [0.05, 0.1) is 24.4 Å². The first-order chi connectivity index (χ1) is 21.8. The Kier molecular flexibility index (Phi) is 15.6. The number of nitrogens with one attached hydrogen (secondary N) is 5. The number of carbonyl (C=O) groups excluding carboxylic acids is 4. The summed E-state index contributed by atoms with van der Waals surface area (Å²) in [5.74, 6) is -0.683. The van der Waals surface area contributed by atoms with Gasteiger partial charge in [-0.05, 0) is 88.6 Å². The molecule has 0 spiro atoms. The quantitative estimate of drug-likeness (QED) is 0.0541. The third-order valence-corrected chi connectivity index (χ3v) is 8.00. The highest BCUT2D eigenvalue weighted by Crippen LogP contribution is 2.14. The lowest BCUT2D eigenvalue weighted by atomic mass is 10.1. The van der Waals surface area contributed by atoms with Crippen LogP contribution < -0.4 is 38.1 Å². The number of aryl methyl sites for hydroxylation is 1. The molecule has 2 aliphatic rings. The van der Waals surface area contributed by atoms with Crippen molar-refractivity contribution >= 4 is 35.3 Å². The van der Waals surface area contributed by atoms with Gasteiger partial charge in [-0.1, -0.05) is 12.1 Å². The van der Waals surface area contributed by atoms with Crippen molar-refractivity contribution in [3.63, 3.8) is 0 Å². The molecular weight excluding hydrogens is 578 g/mol. The van der Waals surface area contributed by atoms with Gasteiger partial charge in [0.2, 0.25) is 23.6 Å². The number of hydrogen-bond acceptors (Lipinski definition) is 8. The van der Waals surface area contributed by atoms with Gasteiger partial charge in [0.15, 0.2) is 5.96 Å². The molecule has 45 heavy (non-hydrogen) atoms. The molecule has 3 rings (SSSR count). The van der Waals surface area contributed by atoms with Crippen molar-refractivity contribution in [1.29, 1.82) is 0 Å². The third-order valence-electron chi connectivity index (χ3n) is 8.00. The molecule has 1 aromatic rings. The second-order valence-electron chi connectivity index (χ2n) is 11.6. The number of aliphatic hydroxyl groups excluding tert-OH is 1. The summed E-state index contributed by atoms with van der Waals surface area (Å²) >= 11 is 0. The highest BCUT2D eigenvalue weighted by Gasteiger charge is 2.27. The fraction of sp³-hybridized carbons (Fsp3) is 0.645. The number of amides is 4. The molecule has 10 N–H and O–H groups in total. The molecule has 0 aliphatic carbocycles. The van der Waals surface area contributed by atoms with Crippen LogP contribution in [0.25, 0.3) is 0 Å². The Morgan fingerprint density at radius 1 is 0.911 bits per heavy atom. The lowest BCUT2D eigenvalue weighted by molar-refractivity contribution is -0.133. The SMILES string of the molecule is NC(N)=Nc1ccc(CCCC(=O)N[C@@H](CO)C(=O)NCCCCN(CCCNC(=O)[C@@H]2CCCN2)C(=O)[C@@H]2CCCN2)cc1. The summed E-state index contributed by atoms with van der Waals surface area (Å²) in [5.41, 5.74) is 12.4. The van der Waals surface area contributed by atoms with E-state index in [1.54, 1.807) is 12.1 Å². The number of nitrogens with zero attached hydrogens (tertiary/aromatic N) is 2. The van der Waals surface area contributed by atoms with Crippen LogP contribution in [-0.2, 0) is 25.6 Å². The van der Waals surface area contributed by atoms with E-state index in [2.05, 4.69) is 31.6 Å². The molecule has 0 aromatic heterocycles. The summed E-state index contributed by atoms with van der Waals surface area (Å²) < 4.78 is 0. The fourth-order valence-electron chi connectivity index (χ4n) is 5.52. The van der Waals surface area contributed by atoms with Crippen molar-refractivity contribution in [3.05, 3.63) is 29.8 Å². The van der Waals surface area contributed by atoms with Gasteiger partial charge in [0.25, 0.3) is 0 Å². The van der Waals surface area contributed by atoms with Gasteiger partial charge in [-0.2, -0.15) is 0 Å². The normalized spacial score (nSPS) is 18.2. The Labute approximate surface area is 265 Å². The minimum atomic E-state index is -1.03. The molecule has 0 saturated carbocycles. The first-order valence-corrected chi connectivity index (χ1v) is 16.2. The lowest BCUT2D eigenvalue weighted by Crippen LogP contribution is -2.49. The highest BCUT2D eigenvalue weighted by molar-refractivity contribution is 5.87. The number of hydrogen-bond donors (Lipinski definition) is 8. The minimum Gasteiger partial charge on any atom is -0.394 e. The summed E-state index contributed by atoms with van der Waals surface area (Å²) in [7, 11) is 0. The van der Waals surface area contributed by atoms with Crippen molar-refractivity contribution in [3.8, 4) is 0 Å². The standard InChI is InChI=1S/C31H51N9O5/c32-31(33)38-23-13-11-22(12-14-23)7-3-10-27(42)39-26(21-41)29(44)36-15-1-2-19-40(30(45)25-9-5-17-35-25)20-6-18-37-28(43)24-8-4-16-34-24/h11-14,24-26,34-35,41H,1-10,15-21H2,(H,36,44)(H,37,43)(H,39,42)(H4,32,33,38)/t24-,25-,26-/m0/s1. The Balaban J connectivity index is 1.33. The van der Waals surface area contributed by atoms with Gasteiger partial charge in [-0.15, -0.1) is 0 Å². The van der Waals surface area contributed by atoms with Gasteiger partial charge in [-0.25, -0.2) is 4.99 Å². The minimum absolute atomic E-state index is 0.0143. The third kappa shape index (κ3) is 13.0. The van der Waals surface area contributed by atoms with Crippen LogP contribution >= 0.6 is 0 Å². The van der Waals surface area contributed by atoms with Gasteiger partial charge in [0.1, 0.15) is 6.04 Å². The van der Waals surface area contributed by atoms with E-state index in [1.165, 1.54) is 0 Å². The monoisotopic (exact) mass is 629 g/mol. The number of benzene rings is 1. The van der Waals surface area contributed by atoms with E-state index in [9.17, 15) is 24.3 Å². The van der Waals surface area contributed by atoms with Crippen molar-refractivity contribution in [2.45, 2.75) is 82.3 Å². The van der Waals surface area contributed by atoms with E-state index in [1.807, 2.05) is 17.0 Å². The molecule has 2 fully saturated rings. The van der Waals surface area contributed by atoms with Crippen molar-refractivity contribution in [2.24, 2.45) is 16.5 Å². The van der Waals surface area contributed by atoms with Crippen molar-refractivity contribution in [2.75, 3.05) is 45.9 Å². The Morgan fingerprint density at radius 2 is 1.58 bits per heavy atom. The molecule has 0 bridgehead atoms. The topological polar surface area (TPSA) is 216 Å². The van der Waals surface area contributed by atoms with E-state index in [4.69, 9.17) is 11.5 Å². The van der Waals surface area contributed by atoms with Crippen LogP contribution in [0.15, 0.2) is 29.3 Å². The largest absolute Gasteiger partial charge is 0.394 e. The molecule has 2 aliphatic heterocycles. The molecule has 2 heterocycles. The molecule has 2 saturated heterocycles. The number of rotatable bonds is 19. The van der Waals surface area contributed by atoms with Crippen LogP contribution in [0, 0.1) is 0 Å². The first kappa shape index (κ1) is 35.7. The lowest BCUT2D eigenvalue weighted by Gasteiger charge is -2.26. The maximum atomic E-state index is 13.1. The average molecular weight is 630 g/mol. The smallest absolute Gasteiger partial charge is 0.244 e. The van der Waals surface area contributed by atoms with Gasteiger partial charge < -0.3 is 48.1 Å². The second-order valence-corrected chi connectivity index (χ2v) is 11.6. The molecule has 3 atom stereocenters. The van der Waals surface area contributed by atoms with Crippen LogP contribution in [0.2, 0.25) is 0 Å². The first-order valence-electron chi connectivity index (χ1n) is 16.2. The number of aliphatic imine (C=N–C) groups is 1. The highest BCUT2D eigenvalue weighted by atomic mass is 16.3. The maximum Gasteiger partial charge on any atom is 0.244 e. The fourth-order valence-corrected chi connectivity index (χ4v) is 5.52. The van der Waals surface area contributed by atoms with E-state index in [0.717, 1.165) is 44.3 Å². The van der Waals surface area contributed by atoms with Crippen LogP contribution in [0.3, 0.4) is 0 Å². The second kappa shape index (κ2) is 19.6. The Hall–Kier alpha value is -3.75. The molecule has 0 unspecified atom stereocenters. The van der Waals surface area contributed by atoms with Crippen molar-refractivity contribution in [1.82, 2.24) is 31.5 Å². The summed E-state index contributed by atoms with van der Waals surface area (Å²) in [4.78, 5) is 56.2. The molecule has 250 valence electrons. The van der Waals surface area contributed by atoms with Gasteiger partial charge in [-0.3, -0.25) is 19.2 Å². The molecule has 14 nitrogen and oxygen atoms in total. The Bertz CT molecular complexity index is 1110. The number of guanidine groups is 1. The zero-order valence-corrected chi connectivity index (χ0v) is 26.2. The number of carbonyl (C=O) groups is 4. The van der Waals surface area contributed by atoms with E-state index in [0.29, 0.717) is 64.0 Å². The maximum absolute atomic E-state index is 13.1. The molecular formula is C31H51N9O5. The van der Waals surface area contributed by atoms with Crippen molar-refractivity contribution < 1.29 is 24.3 Å². The van der Waals surface area contributed by atoms with E-state index < -0.39 is 18.6 Å². The summed E-state index contributed by atoms with van der Waals surface area (Å²) in [6, 6.07) is 6.04. The molecule has 4 amide bonds. The predicted molar refractivity (Wildman–Crippen MR) is 172 cm³/mol. The van der Waals surface area contributed by atoms with Crippen LogP contribution in [0.4, 0.5) is 5.69 Å². The summed E-state index contributed by atoms with van der Waals surface area (Å²) in [6.45, 7) is 3.15. The Morgan fingerprint density at radius 3 is 2.22 bits per heavy atom. The predicted octanol–water partition coefficient (Wildman–Crippen LogP) is -0.873. The van der Waals surface area contributed by atoms with Crippen LogP contribution in [0.1, 0.15) is 63.4 Å². The number of aliphatic hydroxyl groups is 1. The zero-order valence-electron chi connectivity index (χ0n) is 26.2. The zero-order chi connectivity index (χ0) is 32.4. The van der Waals surface area contributed by atoms with E-state index >= 15 is 0 Å². The van der Waals surface area contributed by atoms with Crippen LogP contribution in [0.5, 0.6) is 0 Å². The molecule has 1 aromatic carbocycles. The van der Waals surface area contributed by atoms with E-state index in [-0.39, 0.29) is 42.2 Å². The number of nitrogens with two attached hydrogens (primary N) is 2. The average Bonchev–Trinajstić information content (AvgIpc) is 3.76. The summed E-state index contributed by atoms with van der Waals surface area (Å²) in [6.07, 6.45) is 7.06.